The van der Waals surface area contributed by atoms with Gasteiger partial charge in [0.1, 0.15) is 6.07 Å². The second-order valence-electron chi connectivity index (χ2n) is 4.65. The summed E-state index contributed by atoms with van der Waals surface area (Å²) in [5.74, 6) is -0.541. The van der Waals surface area contributed by atoms with Crippen molar-refractivity contribution >= 4 is 29.2 Å². The van der Waals surface area contributed by atoms with Crippen LogP contribution in [0.25, 0.3) is 11.6 Å². The molecule has 0 N–H and O–H groups in total. The minimum absolute atomic E-state index is 0.380. The molecule has 1 atom stereocenters. The summed E-state index contributed by atoms with van der Waals surface area (Å²) in [6.07, 6.45) is 0.925. The molecular weight excluding hydrogens is 298 g/mol. The molecule has 0 fully saturated rings. The number of rotatable bonds is 4. The van der Waals surface area contributed by atoms with Gasteiger partial charge in [-0.05, 0) is 36.3 Å². The van der Waals surface area contributed by atoms with Crippen LogP contribution >= 0.6 is 11.6 Å². The van der Waals surface area contributed by atoms with Gasteiger partial charge in [-0.1, -0.05) is 54.1 Å². The smallest absolute Gasteiger partial charge is 0.340 e. The summed E-state index contributed by atoms with van der Waals surface area (Å²) in [5.41, 5.74) is 1.93. The van der Waals surface area contributed by atoms with E-state index in [2.05, 4.69) is 0 Å². The number of nitriles is 1. The van der Waals surface area contributed by atoms with Crippen molar-refractivity contribution < 1.29 is 9.53 Å². The Bertz CT molecular complexity index is 715. The molecule has 0 aliphatic heterocycles. The lowest BCUT2D eigenvalue weighted by Crippen LogP contribution is -2.14. The lowest BCUT2D eigenvalue weighted by atomic mass is 10.0. The lowest BCUT2D eigenvalue weighted by Gasteiger charge is -2.10. The number of hydrogen-bond acceptors (Lipinski definition) is 3. The Kier molecular flexibility index (Phi) is 5.35. The van der Waals surface area contributed by atoms with Gasteiger partial charge in [-0.25, -0.2) is 4.79 Å². The Balaban J connectivity index is 2.41. The van der Waals surface area contributed by atoms with Crippen molar-refractivity contribution in [1.82, 2.24) is 0 Å². The third kappa shape index (κ3) is 4.21. The molecule has 0 radical (unpaired) electrons. The van der Waals surface area contributed by atoms with Gasteiger partial charge < -0.3 is 4.74 Å². The zero-order valence-electron chi connectivity index (χ0n) is 12.0. The van der Waals surface area contributed by atoms with E-state index in [0.717, 1.165) is 5.56 Å². The fraction of sp³-hybridized carbons (Fsp3) is 0.111. The van der Waals surface area contributed by atoms with Gasteiger partial charge in [-0.2, -0.15) is 5.26 Å². The zero-order valence-corrected chi connectivity index (χ0v) is 12.7. The summed E-state index contributed by atoms with van der Waals surface area (Å²) in [6.45, 7) is 1.53. The fourth-order valence-corrected chi connectivity index (χ4v) is 1.98. The molecule has 22 heavy (non-hydrogen) atoms. The zero-order chi connectivity index (χ0) is 15.9. The summed E-state index contributed by atoms with van der Waals surface area (Å²) in [7, 11) is 0. The predicted octanol–water partition coefficient (Wildman–Crippen LogP) is 4.34. The molecule has 0 saturated heterocycles. The van der Waals surface area contributed by atoms with Crippen LogP contribution in [-0.2, 0) is 9.53 Å². The van der Waals surface area contributed by atoms with Crippen molar-refractivity contribution in [3.05, 3.63) is 70.7 Å². The average Bonchev–Trinajstić information content (AvgIpc) is 2.54. The Morgan fingerprint density at radius 1 is 1.18 bits per heavy atom. The lowest BCUT2D eigenvalue weighted by molar-refractivity contribution is -0.138. The minimum Gasteiger partial charge on any atom is -0.444 e. The van der Waals surface area contributed by atoms with Gasteiger partial charge in [0.25, 0.3) is 0 Å². The number of halogens is 1. The van der Waals surface area contributed by atoms with Crippen molar-refractivity contribution in [2.45, 2.75) is 13.0 Å². The first-order valence-electron chi connectivity index (χ1n) is 6.73. The molecule has 0 unspecified atom stereocenters. The predicted molar refractivity (Wildman–Crippen MR) is 86.9 cm³/mol. The van der Waals surface area contributed by atoms with Crippen molar-refractivity contribution in [3.63, 3.8) is 0 Å². The number of hydrogen-bond donors (Lipinski definition) is 0. The summed E-state index contributed by atoms with van der Waals surface area (Å²) in [6, 6.07) is 18.2. The second kappa shape index (κ2) is 7.44. The molecule has 0 aromatic heterocycles. The van der Waals surface area contributed by atoms with Gasteiger partial charge in [0.15, 0.2) is 6.10 Å². The van der Waals surface area contributed by atoms with E-state index < -0.39 is 12.1 Å². The first-order valence-corrected chi connectivity index (χ1v) is 7.11. The Hall–Kier alpha value is -2.57. The van der Waals surface area contributed by atoms with E-state index in [9.17, 15) is 4.79 Å². The Morgan fingerprint density at radius 2 is 1.82 bits per heavy atom. The van der Waals surface area contributed by atoms with E-state index in [4.69, 9.17) is 21.6 Å². The van der Waals surface area contributed by atoms with Crippen LogP contribution in [0, 0.1) is 11.3 Å². The topological polar surface area (TPSA) is 50.1 Å². The molecular formula is C18H14ClNO2. The molecule has 2 rings (SSSR count). The molecule has 2 aromatic rings. The van der Waals surface area contributed by atoms with Crippen molar-refractivity contribution in [1.29, 1.82) is 5.26 Å². The summed E-state index contributed by atoms with van der Waals surface area (Å²) < 4.78 is 5.12. The third-order valence-corrected chi connectivity index (χ3v) is 3.20. The molecule has 0 saturated carbocycles. The van der Waals surface area contributed by atoms with Gasteiger partial charge >= 0.3 is 5.97 Å². The molecule has 0 bridgehead atoms. The van der Waals surface area contributed by atoms with Gasteiger partial charge in [-0.15, -0.1) is 0 Å². The number of carbonyl (C=O) groups is 1. The minimum atomic E-state index is -0.807. The number of esters is 1. The van der Waals surface area contributed by atoms with Crippen molar-refractivity contribution in [2.24, 2.45) is 0 Å². The molecule has 0 spiro atoms. The van der Waals surface area contributed by atoms with Crippen LogP contribution in [-0.4, -0.2) is 12.1 Å². The third-order valence-electron chi connectivity index (χ3n) is 2.95. The highest BCUT2D eigenvalue weighted by Gasteiger charge is 2.16. The molecule has 0 aliphatic carbocycles. The van der Waals surface area contributed by atoms with Crippen LogP contribution in [0.5, 0.6) is 0 Å². The largest absolute Gasteiger partial charge is 0.444 e. The van der Waals surface area contributed by atoms with Crippen LogP contribution < -0.4 is 0 Å². The highest BCUT2D eigenvalue weighted by atomic mass is 35.5. The second-order valence-corrected chi connectivity index (χ2v) is 5.09. The van der Waals surface area contributed by atoms with E-state index in [1.807, 2.05) is 36.4 Å². The maximum atomic E-state index is 12.3. The van der Waals surface area contributed by atoms with Gasteiger partial charge in [-0.3, -0.25) is 0 Å². The van der Waals surface area contributed by atoms with Crippen molar-refractivity contribution in [3.8, 4) is 6.07 Å². The SMILES string of the molecule is C[C@H](C#N)OC(=O)/C(=C/c1ccccc1)c1ccc(Cl)cc1. The van der Waals surface area contributed by atoms with E-state index in [1.165, 1.54) is 6.92 Å². The molecule has 0 amide bonds. The fourth-order valence-electron chi connectivity index (χ4n) is 1.86. The van der Waals surface area contributed by atoms with Crippen LogP contribution in [0.15, 0.2) is 54.6 Å². The normalized spacial score (nSPS) is 12.3. The molecule has 3 nitrogen and oxygen atoms in total. The number of carbonyl (C=O) groups excluding carboxylic acids is 1. The van der Waals surface area contributed by atoms with Gasteiger partial charge in [0, 0.05) is 5.02 Å². The maximum absolute atomic E-state index is 12.3. The van der Waals surface area contributed by atoms with Crippen LogP contribution in [0.4, 0.5) is 0 Å². The van der Waals surface area contributed by atoms with Crippen LogP contribution in [0.2, 0.25) is 5.02 Å². The van der Waals surface area contributed by atoms with E-state index >= 15 is 0 Å². The number of nitrogens with zero attached hydrogens (tertiary/aromatic N) is 1. The maximum Gasteiger partial charge on any atom is 0.340 e. The summed E-state index contributed by atoms with van der Waals surface area (Å²) >= 11 is 5.88. The summed E-state index contributed by atoms with van der Waals surface area (Å²) in [5, 5.41) is 9.38. The van der Waals surface area contributed by atoms with E-state index in [0.29, 0.717) is 16.2 Å². The first-order chi connectivity index (χ1) is 10.6. The van der Waals surface area contributed by atoms with Gasteiger partial charge in [0.05, 0.1) is 5.57 Å². The standard InChI is InChI=1S/C18H14ClNO2/c1-13(12-20)22-18(21)17(11-14-5-3-2-4-6-14)15-7-9-16(19)10-8-15/h2-11,13H,1H3/b17-11+/t13-/m1/s1. The molecule has 0 heterocycles. The molecule has 0 aliphatic rings. The quantitative estimate of drug-likeness (QED) is 0.479. The molecule has 110 valence electrons. The molecule has 2 aromatic carbocycles. The first kappa shape index (κ1) is 15.8. The monoisotopic (exact) mass is 311 g/mol. The molecule has 4 heteroatoms. The summed E-state index contributed by atoms with van der Waals surface area (Å²) in [4.78, 5) is 12.3. The van der Waals surface area contributed by atoms with E-state index in [-0.39, 0.29) is 0 Å². The number of ether oxygens (including phenoxy) is 1. The van der Waals surface area contributed by atoms with Gasteiger partial charge in [0.2, 0.25) is 0 Å². The highest BCUT2D eigenvalue weighted by Crippen LogP contribution is 2.22. The van der Waals surface area contributed by atoms with Crippen LogP contribution in [0.1, 0.15) is 18.1 Å². The van der Waals surface area contributed by atoms with Crippen LogP contribution in [0.3, 0.4) is 0 Å². The average molecular weight is 312 g/mol. The Labute approximate surface area is 134 Å². The van der Waals surface area contributed by atoms with E-state index in [1.54, 1.807) is 30.3 Å². The van der Waals surface area contributed by atoms with Crippen molar-refractivity contribution in [2.75, 3.05) is 0 Å². The number of benzene rings is 2. The highest BCUT2D eigenvalue weighted by molar-refractivity contribution is 6.30. The Morgan fingerprint density at radius 3 is 2.41 bits per heavy atom.